The van der Waals surface area contributed by atoms with Crippen LogP contribution >= 0.6 is 11.3 Å². The molecule has 1 aromatic carbocycles. The number of nitrogens with two attached hydrogens (primary N) is 1. The van der Waals surface area contributed by atoms with Crippen molar-refractivity contribution in [2.45, 2.75) is 13.0 Å². The first-order valence-electron chi connectivity index (χ1n) is 5.97. The molecular formula is C14H14F2N2OS. The second-order valence-corrected chi connectivity index (χ2v) is 5.39. The topological polar surface area (TPSA) is 46.3 Å². The Labute approximate surface area is 119 Å². The molecule has 0 saturated heterocycles. The number of thiophene rings is 1. The van der Waals surface area contributed by atoms with E-state index in [0.29, 0.717) is 16.1 Å². The molecule has 0 aliphatic heterocycles. The number of carbonyl (C=O) groups excluding carboxylic acids is 1. The Bertz CT molecular complexity index is 642. The van der Waals surface area contributed by atoms with Gasteiger partial charge in [-0.3, -0.25) is 4.79 Å². The van der Waals surface area contributed by atoms with Crippen LogP contribution in [0.15, 0.2) is 29.6 Å². The van der Waals surface area contributed by atoms with E-state index in [0.717, 1.165) is 12.1 Å². The summed E-state index contributed by atoms with van der Waals surface area (Å²) in [5.74, 6) is -2.07. The molecule has 106 valence electrons. The Balaban J connectivity index is 2.24. The van der Waals surface area contributed by atoms with Crippen molar-refractivity contribution >= 4 is 22.9 Å². The van der Waals surface area contributed by atoms with Crippen molar-refractivity contribution in [3.05, 3.63) is 51.7 Å². The zero-order valence-corrected chi connectivity index (χ0v) is 11.9. The van der Waals surface area contributed by atoms with Crippen LogP contribution in [0, 0.1) is 11.6 Å². The number of rotatable bonds is 3. The molecule has 1 unspecified atom stereocenters. The van der Waals surface area contributed by atoms with E-state index in [2.05, 4.69) is 0 Å². The third kappa shape index (κ3) is 2.65. The summed E-state index contributed by atoms with van der Waals surface area (Å²) < 4.78 is 26.2. The second-order valence-electron chi connectivity index (χ2n) is 4.47. The third-order valence-electron chi connectivity index (χ3n) is 3.22. The quantitative estimate of drug-likeness (QED) is 0.943. The van der Waals surface area contributed by atoms with Gasteiger partial charge in [0.1, 0.15) is 4.88 Å². The highest BCUT2D eigenvalue weighted by Gasteiger charge is 2.22. The maximum Gasteiger partial charge on any atom is 0.266 e. The zero-order valence-electron chi connectivity index (χ0n) is 11.1. The Morgan fingerprint density at radius 2 is 2.00 bits per heavy atom. The average molecular weight is 296 g/mol. The van der Waals surface area contributed by atoms with Gasteiger partial charge in [-0.05, 0) is 36.1 Å². The highest BCUT2D eigenvalue weighted by Crippen LogP contribution is 2.26. The van der Waals surface area contributed by atoms with Gasteiger partial charge in [0.25, 0.3) is 5.91 Å². The van der Waals surface area contributed by atoms with E-state index in [1.807, 2.05) is 0 Å². The fraction of sp³-hybridized carbons (Fsp3) is 0.214. The fourth-order valence-electron chi connectivity index (χ4n) is 1.82. The molecule has 3 nitrogen and oxygen atoms in total. The number of benzene rings is 1. The minimum absolute atomic E-state index is 0.241. The van der Waals surface area contributed by atoms with Gasteiger partial charge in [0.2, 0.25) is 0 Å². The number of carbonyl (C=O) groups is 1. The van der Waals surface area contributed by atoms with Crippen LogP contribution in [0.2, 0.25) is 0 Å². The summed E-state index contributed by atoms with van der Waals surface area (Å²) in [4.78, 5) is 14.2. The fourth-order valence-corrected chi connectivity index (χ4v) is 2.62. The molecule has 0 aliphatic rings. The standard InChI is InChI=1S/C14H14F2N2OS/c1-8(9-3-4-10(15)11(16)7-9)18(2)14(19)13-12(17)5-6-20-13/h3-8H,17H2,1-2H3. The Morgan fingerprint density at radius 3 is 2.55 bits per heavy atom. The lowest BCUT2D eigenvalue weighted by Crippen LogP contribution is -2.29. The first-order chi connectivity index (χ1) is 9.41. The number of amides is 1. The molecule has 0 bridgehead atoms. The number of hydrogen-bond donors (Lipinski definition) is 1. The lowest BCUT2D eigenvalue weighted by Gasteiger charge is -2.25. The van der Waals surface area contributed by atoms with Gasteiger partial charge < -0.3 is 10.6 Å². The van der Waals surface area contributed by atoms with Gasteiger partial charge in [-0.15, -0.1) is 11.3 Å². The Kier molecular flexibility index (Phi) is 4.04. The van der Waals surface area contributed by atoms with Crippen molar-refractivity contribution in [1.82, 2.24) is 4.90 Å². The second kappa shape index (κ2) is 5.58. The summed E-state index contributed by atoms with van der Waals surface area (Å²) in [7, 11) is 1.60. The molecular weight excluding hydrogens is 282 g/mol. The summed E-state index contributed by atoms with van der Waals surface area (Å²) >= 11 is 1.25. The van der Waals surface area contributed by atoms with Gasteiger partial charge in [0, 0.05) is 7.05 Å². The van der Waals surface area contributed by atoms with Gasteiger partial charge in [0.05, 0.1) is 11.7 Å². The number of halogens is 2. The summed E-state index contributed by atoms with van der Waals surface area (Å²) in [6.07, 6.45) is 0. The lowest BCUT2D eigenvalue weighted by atomic mass is 10.1. The normalized spacial score (nSPS) is 12.2. The van der Waals surface area contributed by atoms with Crippen LogP contribution in [0.25, 0.3) is 0 Å². The van der Waals surface area contributed by atoms with Crippen LogP contribution in [-0.2, 0) is 0 Å². The SMILES string of the molecule is CC(c1ccc(F)c(F)c1)N(C)C(=O)c1sccc1N. The van der Waals surface area contributed by atoms with E-state index < -0.39 is 11.6 Å². The van der Waals surface area contributed by atoms with Crippen molar-refractivity contribution in [2.24, 2.45) is 0 Å². The molecule has 1 heterocycles. The Morgan fingerprint density at radius 1 is 1.30 bits per heavy atom. The van der Waals surface area contributed by atoms with Crippen LogP contribution in [0.4, 0.5) is 14.5 Å². The summed E-state index contributed by atoms with van der Waals surface area (Å²) in [5.41, 5.74) is 6.66. The molecule has 6 heteroatoms. The van der Waals surface area contributed by atoms with E-state index in [1.54, 1.807) is 25.4 Å². The minimum atomic E-state index is -0.925. The zero-order chi connectivity index (χ0) is 14.9. The highest BCUT2D eigenvalue weighted by atomic mass is 32.1. The van der Waals surface area contributed by atoms with Crippen molar-refractivity contribution in [3.63, 3.8) is 0 Å². The lowest BCUT2D eigenvalue weighted by molar-refractivity contribution is 0.0748. The number of nitrogen functional groups attached to an aromatic ring is 1. The van der Waals surface area contributed by atoms with Crippen LogP contribution in [-0.4, -0.2) is 17.9 Å². The van der Waals surface area contributed by atoms with Gasteiger partial charge in [-0.2, -0.15) is 0 Å². The van der Waals surface area contributed by atoms with Gasteiger partial charge in [-0.1, -0.05) is 6.07 Å². The largest absolute Gasteiger partial charge is 0.397 e. The molecule has 2 N–H and O–H groups in total. The summed E-state index contributed by atoms with van der Waals surface area (Å²) in [6, 6.07) is 4.89. The minimum Gasteiger partial charge on any atom is -0.397 e. The molecule has 1 atom stereocenters. The maximum absolute atomic E-state index is 13.2. The highest BCUT2D eigenvalue weighted by molar-refractivity contribution is 7.12. The molecule has 20 heavy (non-hydrogen) atoms. The van der Waals surface area contributed by atoms with E-state index in [1.165, 1.54) is 22.3 Å². The number of hydrogen-bond acceptors (Lipinski definition) is 3. The average Bonchev–Trinajstić information content (AvgIpc) is 2.85. The Hall–Kier alpha value is -1.95. The van der Waals surface area contributed by atoms with Gasteiger partial charge in [-0.25, -0.2) is 8.78 Å². The molecule has 0 radical (unpaired) electrons. The van der Waals surface area contributed by atoms with E-state index in [4.69, 9.17) is 5.73 Å². The number of anilines is 1. The monoisotopic (exact) mass is 296 g/mol. The van der Waals surface area contributed by atoms with Crippen molar-refractivity contribution in [3.8, 4) is 0 Å². The van der Waals surface area contributed by atoms with Crippen molar-refractivity contribution in [2.75, 3.05) is 12.8 Å². The molecule has 0 saturated carbocycles. The predicted molar refractivity (Wildman–Crippen MR) is 75.6 cm³/mol. The van der Waals surface area contributed by atoms with E-state index in [9.17, 15) is 13.6 Å². The van der Waals surface area contributed by atoms with E-state index >= 15 is 0 Å². The van der Waals surface area contributed by atoms with Gasteiger partial charge >= 0.3 is 0 Å². The molecule has 1 amide bonds. The first kappa shape index (κ1) is 14.5. The maximum atomic E-state index is 13.2. The van der Waals surface area contributed by atoms with Crippen LogP contribution in [0.1, 0.15) is 28.2 Å². The predicted octanol–water partition coefficient (Wildman–Crippen LogP) is 3.44. The van der Waals surface area contributed by atoms with Crippen LogP contribution < -0.4 is 5.73 Å². The van der Waals surface area contributed by atoms with E-state index in [-0.39, 0.29) is 11.9 Å². The molecule has 0 aliphatic carbocycles. The molecule has 0 fully saturated rings. The summed E-state index contributed by atoms with van der Waals surface area (Å²) in [6.45, 7) is 1.74. The smallest absolute Gasteiger partial charge is 0.266 e. The molecule has 2 rings (SSSR count). The van der Waals surface area contributed by atoms with Crippen molar-refractivity contribution in [1.29, 1.82) is 0 Å². The van der Waals surface area contributed by atoms with Crippen LogP contribution in [0.3, 0.4) is 0 Å². The molecule has 1 aromatic heterocycles. The van der Waals surface area contributed by atoms with Gasteiger partial charge in [0.15, 0.2) is 11.6 Å². The number of nitrogens with zero attached hydrogens (tertiary/aromatic N) is 1. The molecule has 2 aromatic rings. The molecule has 0 spiro atoms. The van der Waals surface area contributed by atoms with Crippen LogP contribution in [0.5, 0.6) is 0 Å². The first-order valence-corrected chi connectivity index (χ1v) is 6.85. The third-order valence-corrected chi connectivity index (χ3v) is 4.14. The van der Waals surface area contributed by atoms with Crippen molar-refractivity contribution < 1.29 is 13.6 Å². The summed E-state index contributed by atoms with van der Waals surface area (Å²) in [5, 5.41) is 1.73.